The fraction of sp³-hybridized carbons (Fsp3) is 0.458. The molecule has 0 unspecified atom stereocenters. The van der Waals surface area contributed by atoms with E-state index < -0.39 is 0 Å². The van der Waals surface area contributed by atoms with E-state index in [9.17, 15) is 0 Å². The molecular formula is C24H29ClN6. The van der Waals surface area contributed by atoms with Gasteiger partial charge in [-0.15, -0.1) is 0 Å². The summed E-state index contributed by atoms with van der Waals surface area (Å²) in [6.45, 7) is 0. The SMILES string of the molecule is Cn1ncc(-c2nc(N[C@H]3CC[C@H](Nc4ccccc4)CC3)ncc2Cl)c1CC1CC1. The molecule has 0 amide bonds. The highest BCUT2D eigenvalue weighted by Crippen LogP contribution is 2.37. The summed E-state index contributed by atoms with van der Waals surface area (Å²) in [5, 5.41) is 12.2. The lowest BCUT2D eigenvalue weighted by molar-refractivity contribution is 0.427. The van der Waals surface area contributed by atoms with Crippen LogP contribution in [0.5, 0.6) is 0 Å². The highest BCUT2D eigenvalue weighted by Gasteiger charge is 2.26. The van der Waals surface area contributed by atoms with E-state index in [0.717, 1.165) is 49.3 Å². The summed E-state index contributed by atoms with van der Waals surface area (Å²) in [5.74, 6) is 1.42. The zero-order valence-corrected chi connectivity index (χ0v) is 18.6. The first-order valence-electron chi connectivity index (χ1n) is 11.3. The smallest absolute Gasteiger partial charge is 0.223 e. The van der Waals surface area contributed by atoms with Gasteiger partial charge in [0.25, 0.3) is 0 Å². The van der Waals surface area contributed by atoms with Crippen LogP contribution in [0.15, 0.2) is 42.7 Å². The molecule has 5 rings (SSSR count). The van der Waals surface area contributed by atoms with Gasteiger partial charge in [0.05, 0.1) is 23.1 Å². The Morgan fingerprint density at radius 3 is 2.39 bits per heavy atom. The van der Waals surface area contributed by atoms with Crippen LogP contribution >= 0.6 is 11.6 Å². The molecule has 2 fully saturated rings. The lowest BCUT2D eigenvalue weighted by Crippen LogP contribution is -2.32. The Balaban J connectivity index is 1.24. The van der Waals surface area contributed by atoms with Crippen LogP contribution in [0, 0.1) is 5.92 Å². The van der Waals surface area contributed by atoms with E-state index in [-0.39, 0.29) is 0 Å². The number of aryl methyl sites for hydroxylation is 1. The molecule has 0 atom stereocenters. The predicted octanol–water partition coefficient (Wildman–Crippen LogP) is 5.32. The zero-order chi connectivity index (χ0) is 21.2. The van der Waals surface area contributed by atoms with Crippen molar-refractivity contribution in [2.45, 2.75) is 57.0 Å². The molecule has 1 aromatic carbocycles. The van der Waals surface area contributed by atoms with Crippen LogP contribution in [0.25, 0.3) is 11.3 Å². The highest BCUT2D eigenvalue weighted by molar-refractivity contribution is 6.32. The summed E-state index contributed by atoms with van der Waals surface area (Å²) in [6.07, 6.45) is 11.7. The lowest BCUT2D eigenvalue weighted by atomic mass is 9.91. The maximum absolute atomic E-state index is 6.50. The number of aromatic nitrogens is 4. The number of anilines is 2. The summed E-state index contributed by atoms with van der Waals surface area (Å²) in [6, 6.07) is 11.3. The summed E-state index contributed by atoms with van der Waals surface area (Å²) >= 11 is 6.50. The van der Waals surface area contributed by atoms with Crippen molar-refractivity contribution >= 4 is 23.2 Å². The molecule has 2 aliphatic rings. The third kappa shape index (κ3) is 4.85. The molecule has 6 nitrogen and oxygen atoms in total. The highest BCUT2D eigenvalue weighted by atomic mass is 35.5. The Bertz CT molecular complexity index is 1020. The van der Waals surface area contributed by atoms with Crippen molar-refractivity contribution in [2.24, 2.45) is 13.0 Å². The molecule has 0 bridgehead atoms. The standard InChI is InChI=1S/C24H29ClN6/c1-31-22(13-16-7-8-16)20(14-27-31)23-21(25)15-26-24(30-23)29-19-11-9-18(10-12-19)28-17-5-3-2-4-6-17/h2-6,14-16,18-19,28H,7-13H2,1H3,(H,26,29,30)/t18-,19-. The van der Waals surface area contributed by atoms with E-state index in [2.05, 4.69) is 45.0 Å². The van der Waals surface area contributed by atoms with Crippen LogP contribution in [0.3, 0.4) is 0 Å². The van der Waals surface area contributed by atoms with Crippen molar-refractivity contribution in [3.05, 3.63) is 53.4 Å². The van der Waals surface area contributed by atoms with Crippen LogP contribution in [0.1, 0.15) is 44.2 Å². The first-order chi connectivity index (χ1) is 15.2. The molecule has 0 radical (unpaired) electrons. The van der Waals surface area contributed by atoms with Gasteiger partial charge >= 0.3 is 0 Å². The van der Waals surface area contributed by atoms with Crippen molar-refractivity contribution in [1.29, 1.82) is 0 Å². The maximum atomic E-state index is 6.50. The second-order valence-corrected chi connectivity index (χ2v) is 9.28. The molecule has 3 aromatic rings. The number of nitrogens with one attached hydrogen (secondary N) is 2. The van der Waals surface area contributed by atoms with E-state index >= 15 is 0 Å². The van der Waals surface area contributed by atoms with Gasteiger partial charge < -0.3 is 10.6 Å². The topological polar surface area (TPSA) is 67.7 Å². The van der Waals surface area contributed by atoms with Crippen molar-refractivity contribution in [1.82, 2.24) is 19.7 Å². The molecular weight excluding hydrogens is 408 g/mol. The normalized spacial score (nSPS) is 21.1. The molecule has 2 N–H and O–H groups in total. The van der Waals surface area contributed by atoms with Crippen LogP contribution in [0.4, 0.5) is 11.6 Å². The van der Waals surface area contributed by atoms with Gasteiger partial charge in [-0.25, -0.2) is 9.97 Å². The minimum Gasteiger partial charge on any atom is -0.382 e. The number of hydrogen-bond acceptors (Lipinski definition) is 5. The Kier molecular flexibility index (Phi) is 5.81. The Morgan fingerprint density at radius 1 is 0.968 bits per heavy atom. The van der Waals surface area contributed by atoms with E-state index in [0.29, 0.717) is 23.1 Å². The zero-order valence-electron chi connectivity index (χ0n) is 17.9. The fourth-order valence-electron chi connectivity index (χ4n) is 4.46. The first kappa shape index (κ1) is 20.3. The quantitative estimate of drug-likeness (QED) is 0.524. The van der Waals surface area contributed by atoms with Gasteiger partial charge in [-0.05, 0) is 63.0 Å². The monoisotopic (exact) mass is 436 g/mol. The molecule has 31 heavy (non-hydrogen) atoms. The Labute approximate surface area is 188 Å². The van der Waals surface area contributed by atoms with E-state index in [4.69, 9.17) is 16.6 Å². The predicted molar refractivity (Wildman–Crippen MR) is 125 cm³/mol. The van der Waals surface area contributed by atoms with Gasteiger partial charge in [0.1, 0.15) is 0 Å². The lowest BCUT2D eigenvalue weighted by Gasteiger charge is -2.30. The Hall–Kier alpha value is -2.60. The van der Waals surface area contributed by atoms with Crippen molar-refractivity contribution < 1.29 is 0 Å². The second-order valence-electron chi connectivity index (χ2n) is 8.87. The van der Waals surface area contributed by atoms with Crippen molar-refractivity contribution in [3.8, 4) is 11.3 Å². The number of para-hydroxylation sites is 1. The third-order valence-electron chi connectivity index (χ3n) is 6.44. The molecule has 162 valence electrons. The molecule has 0 saturated heterocycles. The van der Waals surface area contributed by atoms with E-state index in [1.807, 2.05) is 24.0 Å². The second kappa shape index (κ2) is 8.87. The van der Waals surface area contributed by atoms with Crippen molar-refractivity contribution in [3.63, 3.8) is 0 Å². The van der Waals surface area contributed by atoms with Gasteiger partial charge in [-0.3, -0.25) is 4.68 Å². The molecule has 0 spiro atoms. The van der Waals surface area contributed by atoms with E-state index in [1.165, 1.54) is 24.2 Å². The summed E-state index contributed by atoms with van der Waals surface area (Å²) in [7, 11) is 2.00. The minimum atomic E-state index is 0.377. The van der Waals surface area contributed by atoms with E-state index in [1.54, 1.807) is 6.20 Å². The molecule has 2 aromatic heterocycles. The maximum Gasteiger partial charge on any atom is 0.223 e. The van der Waals surface area contributed by atoms with Crippen LogP contribution in [0.2, 0.25) is 5.02 Å². The molecule has 2 aliphatic carbocycles. The summed E-state index contributed by atoms with van der Waals surface area (Å²) < 4.78 is 1.96. The molecule has 7 heteroatoms. The third-order valence-corrected chi connectivity index (χ3v) is 6.72. The number of hydrogen-bond donors (Lipinski definition) is 2. The molecule has 2 saturated carbocycles. The largest absolute Gasteiger partial charge is 0.382 e. The van der Waals surface area contributed by atoms with Crippen LogP contribution in [-0.2, 0) is 13.5 Å². The first-order valence-corrected chi connectivity index (χ1v) is 11.7. The van der Waals surface area contributed by atoms with Gasteiger partial charge in [-0.2, -0.15) is 5.10 Å². The minimum absolute atomic E-state index is 0.377. The number of rotatable bonds is 7. The summed E-state index contributed by atoms with van der Waals surface area (Å²) in [5.41, 5.74) is 4.22. The summed E-state index contributed by atoms with van der Waals surface area (Å²) in [4.78, 5) is 9.26. The fourth-order valence-corrected chi connectivity index (χ4v) is 4.65. The van der Waals surface area contributed by atoms with Gasteiger partial charge in [0.2, 0.25) is 5.95 Å². The van der Waals surface area contributed by atoms with Crippen LogP contribution in [-0.4, -0.2) is 31.8 Å². The number of benzene rings is 1. The average molecular weight is 437 g/mol. The molecule has 2 heterocycles. The number of nitrogens with zero attached hydrogens (tertiary/aromatic N) is 4. The van der Waals surface area contributed by atoms with Gasteiger partial charge in [0.15, 0.2) is 0 Å². The van der Waals surface area contributed by atoms with Gasteiger partial charge in [0, 0.05) is 36.1 Å². The van der Waals surface area contributed by atoms with Gasteiger partial charge in [-0.1, -0.05) is 29.8 Å². The molecule has 0 aliphatic heterocycles. The van der Waals surface area contributed by atoms with Crippen LogP contribution < -0.4 is 10.6 Å². The Morgan fingerprint density at radius 2 is 1.68 bits per heavy atom. The number of halogens is 1. The van der Waals surface area contributed by atoms with Crippen molar-refractivity contribution in [2.75, 3.05) is 10.6 Å². The average Bonchev–Trinajstić information content (AvgIpc) is 3.54.